The van der Waals surface area contributed by atoms with Crippen LogP contribution in [0.5, 0.6) is 0 Å². The zero-order valence-electron chi connectivity index (χ0n) is 12.2. The average molecular weight is 249 g/mol. The zero-order valence-corrected chi connectivity index (χ0v) is 12.2. The molecule has 0 spiro atoms. The summed E-state index contributed by atoms with van der Waals surface area (Å²) in [5.74, 6) is 0. The van der Waals surface area contributed by atoms with Gasteiger partial charge in [-0.15, -0.1) is 0 Å². The first kappa shape index (κ1) is 15.2. The van der Waals surface area contributed by atoms with E-state index in [4.69, 9.17) is 4.74 Å². The molecule has 0 aliphatic heterocycles. The van der Waals surface area contributed by atoms with Crippen molar-refractivity contribution in [3.05, 3.63) is 35.4 Å². The predicted octanol–water partition coefficient (Wildman–Crippen LogP) is 3.33. The maximum absolute atomic E-state index is 5.74. The van der Waals surface area contributed by atoms with Gasteiger partial charge in [0.05, 0.1) is 12.7 Å². The largest absolute Gasteiger partial charge is 0.377 e. The molecule has 1 aromatic carbocycles. The Morgan fingerprint density at radius 1 is 1.28 bits per heavy atom. The van der Waals surface area contributed by atoms with Gasteiger partial charge in [-0.3, -0.25) is 0 Å². The summed E-state index contributed by atoms with van der Waals surface area (Å²) in [6, 6.07) is 9.14. The van der Waals surface area contributed by atoms with Crippen molar-refractivity contribution in [2.45, 2.75) is 52.7 Å². The van der Waals surface area contributed by atoms with E-state index in [0.717, 1.165) is 26.0 Å². The molecule has 1 unspecified atom stereocenters. The molecule has 0 heterocycles. The molecule has 0 saturated carbocycles. The number of benzene rings is 1. The van der Waals surface area contributed by atoms with Crippen molar-refractivity contribution in [2.24, 2.45) is 0 Å². The lowest BCUT2D eigenvalue weighted by atomic mass is 10.0. The highest BCUT2D eigenvalue weighted by Crippen LogP contribution is 2.08. The van der Waals surface area contributed by atoms with Crippen molar-refractivity contribution < 1.29 is 4.74 Å². The lowest BCUT2D eigenvalue weighted by molar-refractivity contribution is 0.0613. The molecule has 1 rings (SSSR count). The molecule has 0 saturated heterocycles. The normalized spacial score (nSPS) is 12.9. The van der Waals surface area contributed by atoms with Crippen molar-refractivity contribution in [1.82, 2.24) is 5.32 Å². The third-order valence-corrected chi connectivity index (χ3v) is 2.88. The predicted molar refractivity (Wildman–Crippen MR) is 78.1 cm³/mol. The van der Waals surface area contributed by atoms with E-state index in [1.807, 2.05) is 0 Å². The molecule has 0 amide bonds. The van der Waals surface area contributed by atoms with Crippen LogP contribution in [0.4, 0.5) is 0 Å². The second-order valence-electron chi connectivity index (χ2n) is 5.23. The Labute approximate surface area is 112 Å². The Hall–Kier alpha value is -0.860. The summed E-state index contributed by atoms with van der Waals surface area (Å²) < 4.78 is 5.74. The van der Waals surface area contributed by atoms with Crippen molar-refractivity contribution >= 4 is 0 Å². The second kappa shape index (κ2) is 8.28. The molecule has 0 aliphatic carbocycles. The van der Waals surface area contributed by atoms with E-state index in [1.165, 1.54) is 11.1 Å². The monoisotopic (exact) mass is 249 g/mol. The van der Waals surface area contributed by atoms with Crippen molar-refractivity contribution in [2.75, 3.05) is 13.2 Å². The first-order chi connectivity index (χ1) is 8.61. The number of nitrogens with one attached hydrogen (secondary N) is 1. The van der Waals surface area contributed by atoms with E-state index in [1.54, 1.807) is 0 Å². The number of hydrogen-bond donors (Lipinski definition) is 1. The Morgan fingerprint density at radius 3 is 2.67 bits per heavy atom. The van der Waals surface area contributed by atoms with Crippen LogP contribution in [0.25, 0.3) is 0 Å². The maximum atomic E-state index is 5.74. The minimum absolute atomic E-state index is 0.299. The Bertz CT molecular complexity index is 336. The highest BCUT2D eigenvalue weighted by atomic mass is 16.5. The minimum Gasteiger partial charge on any atom is -0.377 e. The van der Waals surface area contributed by atoms with Gasteiger partial charge < -0.3 is 10.1 Å². The van der Waals surface area contributed by atoms with Crippen LogP contribution in [-0.4, -0.2) is 25.3 Å². The summed E-state index contributed by atoms with van der Waals surface area (Å²) in [4.78, 5) is 0. The maximum Gasteiger partial charge on any atom is 0.0626 e. The Morgan fingerprint density at radius 2 is 2.06 bits per heavy atom. The summed E-state index contributed by atoms with van der Waals surface area (Å²) in [6.45, 7) is 10.3. The van der Waals surface area contributed by atoms with Crippen LogP contribution >= 0.6 is 0 Å². The van der Waals surface area contributed by atoms with E-state index in [9.17, 15) is 0 Å². The molecule has 2 heteroatoms. The van der Waals surface area contributed by atoms with Gasteiger partial charge in [-0.1, -0.05) is 36.8 Å². The van der Waals surface area contributed by atoms with Gasteiger partial charge in [0.25, 0.3) is 0 Å². The molecule has 1 N–H and O–H groups in total. The molecule has 0 fully saturated rings. The topological polar surface area (TPSA) is 21.3 Å². The van der Waals surface area contributed by atoms with Crippen LogP contribution < -0.4 is 5.32 Å². The van der Waals surface area contributed by atoms with Crippen LogP contribution in [0.3, 0.4) is 0 Å². The van der Waals surface area contributed by atoms with Gasteiger partial charge in [0.15, 0.2) is 0 Å². The molecular formula is C16H27NO. The zero-order chi connectivity index (χ0) is 13.4. The van der Waals surface area contributed by atoms with Gasteiger partial charge in [0, 0.05) is 6.04 Å². The fraction of sp³-hybridized carbons (Fsp3) is 0.625. The standard InChI is InChI=1S/C16H27NO/c1-5-9-17-16(12-18-13(2)3)11-15-8-6-7-14(4)10-15/h6-8,10,13,16-17H,5,9,11-12H2,1-4H3. The smallest absolute Gasteiger partial charge is 0.0626 e. The lowest BCUT2D eigenvalue weighted by Crippen LogP contribution is -2.36. The van der Waals surface area contributed by atoms with Crippen LogP contribution in [-0.2, 0) is 11.2 Å². The lowest BCUT2D eigenvalue weighted by Gasteiger charge is -2.20. The first-order valence-electron chi connectivity index (χ1n) is 7.02. The van der Waals surface area contributed by atoms with E-state index in [-0.39, 0.29) is 0 Å². The van der Waals surface area contributed by atoms with E-state index < -0.39 is 0 Å². The molecular weight excluding hydrogens is 222 g/mol. The van der Waals surface area contributed by atoms with Gasteiger partial charge in [-0.05, 0) is 45.7 Å². The van der Waals surface area contributed by atoms with Crippen LogP contribution in [0.2, 0.25) is 0 Å². The quantitative estimate of drug-likeness (QED) is 0.763. The Balaban J connectivity index is 2.53. The molecule has 1 atom stereocenters. The van der Waals surface area contributed by atoms with E-state index in [0.29, 0.717) is 12.1 Å². The molecule has 0 aliphatic rings. The summed E-state index contributed by atoms with van der Waals surface area (Å²) in [5.41, 5.74) is 2.71. The number of aryl methyl sites for hydroxylation is 1. The van der Waals surface area contributed by atoms with Gasteiger partial charge in [-0.2, -0.15) is 0 Å². The van der Waals surface area contributed by atoms with E-state index >= 15 is 0 Å². The van der Waals surface area contributed by atoms with Gasteiger partial charge in [-0.25, -0.2) is 0 Å². The van der Waals surface area contributed by atoms with Crippen LogP contribution in [0.15, 0.2) is 24.3 Å². The molecule has 1 aromatic rings. The fourth-order valence-corrected chi connectivity index (χ4v) is 1.97. The van der Waals surface area contributed by atoms with Crippen molar-refractivity contribution in [3.8, 4) is 0 Å². The molecule has 2 nitrogen and oxygen atoms in total. The third-order valence-electron chi connectivity index (χ3n) is 2.88. The first-order valence-corrected chi connectivity index (χ1v) is 7.02. The second-order valence-corrected chi connectivity index (χ2v) is 5.23. The molecule has 0 bridgehead atoms. The Kier molecular flexibility index (Phi) is 6.99. The highest BCUT2D eigenvalue weighted by molar-refractivity contribution is 5.23. The fourth-order valence-electron chi connectivity index (χ4n) is 1.97. The molecule has 0 radical (unpaired) electrons. The summed E-state index contributed by atoms with van der Waals surface area (Å²) in [7, 11) is 0. The van der Waals surface area contributed by atoms with Crippen molar-refractivity contribution in [1.29, 1.82) is 0 Å². The van der Waals surface area contributed by atoms with Gasteiger partial charge in [0.2, 0.25) is 0 Å². The van der Waals surface area contributed by atoms with E-state index in [2.05, 4.69) is 57.3 Å². The molecule has 18 heavy (non-hydrogen) atoms. The SMILES string of the molecule is CCCNC(COC(C)C)Cc1cccc(C)c1. The number of ether oxygens (including phenoxy) is 1. The van der Waals surface area contributed by atoms with Crippen molar-refractivity contribution in [3.63, 3.8) is 0 Å². The van der Waals surface area contributed by atoms with Crippen LogP contribution in [0.1, 0.15) is 38.3 Å². The summed E-state index contributed by atoms with van der Waals surface area (Å²) in [6.07, 6.45) is 2.49. The van der Waals surface area contributed by atoms with Crippen LogP contribution in [0, 0.1) is 6.92 Å². The third kappa shape index (κ3) is 6.18. The average Bonchev–Trinajstić information content (AvgIpc) is 2.32. The number of rotatable bonds is 8. The molecule has 0 aromatic heterocycles. The highest BCUT2D eigenvalue weighted by Gasteiger charge is 2.10. The van der Waals surface area contributed by atoms with Gasteiger partial charge in [0.1, 0.15) is 0 Å². The summed E-state index contributed by atoms with van der Waals surface area (Å²) >= 11 is 0. The summed E-state index contributed by atoms with van der Waals surface area (Å²) in [5, 5.41) is 3.57. The van der Waals surface area contributed by atoms with Gasteiger partial charge >= 0.3 is 0 Å². The minimum atomic E-state index is 0.299. The number of hydrogen-bond acceptors (Lipinski definition) is 2. The molecule has 102 valence electrons.